The summed E-state index contributed by atoms with van der Waals surface area (Å²) in [6, 6.07) is 1.49. The summed E-state index contributed by atoms with van der Waals surface area (Å²) in [4.78, 5) is 15.0. The molecule has 19 heavy (non-hydrogen) atoms. The molecule has 0 aliphatic carbocycles. The minimum atomic E-state index is 0.297. The molecule has 3 rings (SSSR count). The molecule has 6 nitrogen and oxygen atoms in total. The first-order valence-corrected chi connectivity index (χ1v) is 6.50. The summed E-state index contributed by atoms with van der Waals surface area (Å²) in [5.74, 6) is 0.656. The zero-order chi connectivity index (χ0) is 13.4. The van der Waals surface area contributed by atoms with Gasteiger partial charge in [0, 0.05) is 12.1 Å². The van der Waals surface area contributed by atoms with E-state index in [2.05, 4.69) is 26.4 Å². The van der Waals surface area contributed by atoms with E-state index in [1.165, 1.54) is 18.4 Å². The van der Waals surface area contributed by atoms with Crippen molar-refractivity contribution in [1.82, 2.24) is 15.0 Å². The maximum absolute atomic E-state index is 5.11. The number of ether oxygens (including phenoxy) is 2. The van der Waals surface area contributed by atoms with Gasteiger partial charge in [0.05, 0.1) is 14.2 Å². The Morgan fingerprint density at radius 2 is 1.53 bits per heavy atom. The SMILES string of the molecule is C=C1CC2CCC(C1)N2c1nc(OC)nc(OC)n1. The molecule has 0 N–H and O–H groups in total. The highest BCUT2D eigenvalue weighted by Crippen LogP contribution is 2.40. The zero-order valence-electron chi connectivity index (χ0n) is 11.3. The molecule has 1 aromatic heterocycles. The Hall–Kier alpha value is -1.85. The van der Waals surface area contributed by atoms with Crippen LogP contribution in [0.5, 0.6) is 12.0 Å². The molecule has 2 saturated heterocycles. The van der Waals surface area contributed by atoms with Gasteiger partial charge in [0.15, 0.2) is 0 Å². The molecule has 0 aromatic carbocycles. The van der Waals surface area contributed by atoms with Crippen LogP contribution in [-0.4, -0.2) is 41.3 Å². The summed E-state index contributed by atoms with van der Waals surface area (Å²) in [5, 5.41) is 0. The third-order valence-corrected chi connectivity index (χ3v) is 3.85. The van der Waals surface area contributed by atoms with Gasteiger partial charge in [0.1, 0.15) is 0 Å². The average Bonchev–Trinajstić information content (AvgIpc) is 2.70. The van der Waals surface area contributed by atoms with E-state index < -0.39 is 0 Å². The number of aromatic nitrogens is 3. The molecule has 2 aliphatic heterocycles. The van der Waals surface area contributed by atoms with Gasteiger partial charge in [0.2, 0.25) is 5.95 Å². The van der Waals surface area contributed by atoms with Crippen molar-refractivity contribution >= 4 is 5.95 Å². The Balaban J connectivity index is 1.96. The maximum Gasteiger partial charge on any atom is 0.324 e. The Morgan fingerprint density at radius 3 is 2.00 bits per heavy atom. The lowest BCUT2D eigenvalue weighted by atomic mass is 9.99. The summed E-state index contributed by atoms with van der Waals surface area (Å²) in [5.41, 5.74) is 1.33. The Labute approximate surface area is 112 Å². The minimum absolute atomic E-state index is 0.297. The molecule has 102 valence electrons. The Bertz CT molecular complexity index is 467. The molecule has 2 bridgehead atoms. The smallest absolute Gasteiger partial charge is 0.324 e. The molecule has 2 unspecified atom stereocenters. The van der Waals surface area contributed by atoms with Gasteiger partial charge in [-0.1, -0.05) is 12.2 Å². The predicted molar refractivity (Wildman–Crippen MR) is 70.6 cm³/mol. The summed E-state index contributed by atoms with van der Waals surface area (Å²) in [6.07, 6.45) is 4.37. The highest BCUT2D eigenvalue weighted by atomic mass is 16.5. The molecule has 2 aliphatic rings. The van der Waals surface area contributed by atoms with E-state index in [1.54, 1.807) is 14.2 Å². The fraction of sp³-hybridized carbons (Fsp3) is 0.615. The predicted octanol–water partition coefficient (Wildman–Crippen LogP) is 1.58. The van der Waals surface area contributed by atoms with Crippen molar-refractivity contribution < 1.29 is 9.47 Å². The maximum atomic E-state index is 5.11. The minimum Gasteiger partial charge on any atom is -0.467 e. The van der Waals surface area contributed by atoms with E-state index in [0.717, 1.165) is 12.8 Å². The van der Waals surface area contributed by atoms with Gasteiger partial charge in [-0.25, -0.2) is 0 Å². The second kappa shape index (κ2) is 4.68. The molecular weight excluding hydrogens is 244 g/mol. The second-order valence-corrected chi connectivity index (χ2v) is 5.06. The lowest BCUT2D eigenvalue weighted by Gasteiger charge is -2.35. The fourth-order valence-corrected chi connectivity index (χ4v) is 3.06. The first-order chi connectivity index (χ1) is 9.21. The molecule has 0 amide bonds. The van der Waals surface area contributed by atoms with Gasteiger partial charge in [-0.2, -0.15) is 9.97 Å². The number of anilines is 1. The van der Waals surface area contributed by atoms with Crippen LogP contribution in [0.15, 0.2) is 12.2 Å². The van der Waals surface area contributed by atoms with Crippen LogP contribution >= 0.6 is 0 Å². The van der Waals surface area contributed by atoms with Crippen molar-refractivity contribution in [2.45, 2.75) is 37.8 Å². The van der Waals surface area contributed by atoms with E-state index in [4.69, 9.17) is 9.47 Å². The summed E-state index contributed by atoms with van der Waals surface area (Å²) in [6.45, 7) is 4.12. The summed E-state index contributed by atoms with van der Waals surface area (Å²) < 4.78 is 10.2. The van der Waals surface area contributed by atoms with Crippen LogP contribution in [0.3, 0.4) is 0 Å². The van der Waals surface area contributed by atoms with Crippen LogP contribution in [0.2, 0.25) is 0 Å². The Morgan fingerprint density at radius 1 is 1.00 bits per heavy atom. The quantitative estimate of drug-likeness (QED) is 0.771. The summed E-state index contributed by atoms with van der Waals surface area (Å²) in [7, 11) is 3.09. The standard InChI is InChI=1S/C13H18N4O2/c1-8-6-9-4-5-10(7-8)17(9)11-14-12(18-2)16-13(15-11)19-3/h9-10H,1,4-7H2,2-3H3. The third-order valence-electron chi connectivity index (χ3n) is 3.85. The summed E-state index contributed by atoms with van der Waals surface area (Å²) >= 11 is 0. The van der Waals surface area contributed by atoms with Gasteiger partial charge in [-0.3, -0.25) is 0 Å². The molecule has 2 atom stereocenters. The number of fused-ring (bicyclic) bond motifs is 2. The average molecular weight is 262 g/mol. The molecule has 3 heterocycles. The molecule has 2 fully saturated rings. The number of piperidine rings is 1. The van der Waals surface area contributed by atoms with E-state index in [1.807, 2.05) is 0 Å². The van der Waals surface area contributed by atoms with Crippen LogP contribution in [0.4, 0.5) is 5.95 Å². The zero-order valence-corrected chi connectivity index (χ0v) is 11.3. The van der Waals surface area contributed by atoms with Crippen LogP contribution in [0, 0.1) is 0 Å². The molecule has 0 saturated carbocycles. The van der Waals surface area contributed by atoms with E-state index in [0.29, 0.717) is 30.1 Å². The van der Waals surface area contributed by atoms with Crippen molar-refractivity contribution in [2.24, 2.45) is 0 Å². The van der Waals surface area contributed by atoms with Crippen molar-refractivity contribution in [3.63, 3.8) is 0 Å². The molecule has 1 aromatic rings. The monoisotopic (exact) mass is 262 g/mol. The molecule has 6 heteroatoms. The van der Waals surface area contributed by atoms with Crippen LogP contribution in [0.25, 0.3) is 0 Å². The van der Waals surface area contributed by atoms with Crippen LogP contribution in [-0.2, 0) is 0 Å². The van der Waals surface area contributed by atoms with E-state index in [9.17, 15) is 0 Å². The molecule has 0 spiro atoms. The van der Waals surface area contributed by atoms with Gasteiger partial charge in [-0.05, 0) is 25.7 Å². The second-order valence-electron chi connectivity index (χ2n) is 5.06. The Kier molecular flexibility index (Phi) is 3.00. The molecular formula is C13H18N4O2. The van der Waals surface area contributed by atoms with Gasteiger partial charge >= 0.3 is 12.0 Å². The highest BCUT2D eigenvalue weighted by molar-refractivity contribution is 5.41. The van der Waals surface area contributed by atoms with Gasteiger partial charge < -0.3 is 14.4 Å². The number of hydrogen-bond acceptors (Lipinski definition) is 6. The van der Waals surface area contributed by atoms with Gasteiger partial charge in [0.25, 0.3) is 0 Å². The fourth-order valence-electron chi connectivity index (χ4n) is 3.06. The topological polar surface area (TPSA) is 60.4 Å². The lowest BCUT2D eigenvalue weighted by molar-refractivity contribution is 0.338. The van der Waals surface area contributed by atoms with Crippen molar-refractivity contribution in [3.8, 4) is 12.0 Å². The molecule has 0 radical (unpaired) electrons. The number of methoxy groups -OCH3 is 2. The van der Waals surface area contributed by atoms with Crippen molar-refractivity contribution in [3.05, 3.63) is 12.2 Å². The highest BCUT2D eigenvalue weighted by Gasteiger charge is 2.39. The first kappa shape index (κ1) is 12.2. The van der Waals surface area contributed by atoms with Gasteiger partial charge in [-0.15, -0.1) is 4.98 Å². The normalized spacial score (nSPS) is 25.6. The van der Waals surface area contributed by atoms with Crippen LogP contribution < -0.4 is 14.4 Å². The van der Waals surface area contributed by atoms with E-state index in [-0.39, 0.29) is 0 Å². The van der Waals surface area contributed by atoms with Crippen LogP contribution in [0.1, 0.15) is 25.7 Å². The lowest BCUT2D eigenvalue weighted by Crippen LogP contribution is -2.41. The van der Waals surface area contributed by atoms with Crippen molar-refractivity contribution in [1.29, 1.82) is 0 Å². The first-order valence-electron chi connectivity index (χ1n) is 6.50. The van der Waals surface area contributed by atoms with Crippen molar-refractivity contribution in [2.75, 3.05) is 19.1 Å². The number of rotatable bonds is 3. The number of hydrogen-bond donors (Lipinski definition) is 0. The largest absolute Gasteiger partial charge is 0.467 e. The third kappa shape index (κ3) is 2.11. The number of nitrogens with zero attached hydrogens (tertiary/aromatic N) is 4. The van der Waals surface area contributed by atoms with E-state index >= 15 is 0 Å².